The van der Waals surface area contributed by atoms with Crippen molar-refractivity contribution in [3.05, 3.63) is 60.4 Å². The van der Waals surface area contributed by atoms with Crippen LogP contribution in [0, 0.1) is 5.92 Å². The molecule has 0 radical (unpaired) electrons. The quantitative estimate of drug-likeness (QED) is 0.550. The van der Waals surface area contributed by atoms with Crippen LogP contribution in [0.25, 0.3) is 5.82 Å². The Morgan fingerprint density at radius 3 is 2.09 bits per heavy atom. The molecule has 13 heteroatoms. The van der Waals surface area contributed by atoms with Gasteiger partial charge in [0, 0.05) is 43.2 Å². The Balaban J connectivity index is 1.43. The van der Waals surface area contributed by atoms with Crippen molar-refractivity contribution in [3.8, 4) is 5.82 Å². The van der Waals surface area contributed by atoms with Gasteiger partial charge in [0.25, 0.3) is 0 Å². The lowest BCUT2D eigenvalue weighted by Crippen LogP contribution is -2.38. The molecule has 1 aliphatic rings. The normalized spacial score (nSPS) is 15.4. The molecule has 180 valence electrons. The average Bonchev–Trinajstić information content (AvgIpc) is 3.33. The summed E-state index contributed by atoms with van der Waals surface area (Å²) in [5.41, 5.74) is -3.51. The Hall–Kier alpha value is -3.64. The van der Waals surface area contributed by atoms with Gasteiger partial charge in [-0.15, -0.1) is 0 Å². The number of hydrogen-bond donors (Lipinski definition) is 1. The van der Waals surface area contributed by atoms with Gasteiger partial charge in [-0.25, -0.2) is 15.0 Å². The highest BCUT2D eigenvalue weighted by Crippen LogP contribution is 2.37. The highest BCUT2D eigenvalue weighted by Gasteiger charge is 2.37. The largest absolute Gasteiger partial charge is 0.416 e. The van der Waals surface area contributed by atoms with Gasteiger partial charge in [0.15, 0.2) is 0 Å². The summed E-state index contributed by atoms with van der Waals surface area (Å²) in [6, 6.07) is 2.78. The van der Waals surface area contributed by atoms with Crippen molar-refractivity contribution in [2.24, 2.45) is 5.92 Å². The number of alkyl halides is 6. The molecular formula is C21H18F6N6O. The van der Waals surface area contributed by atoms with Gasteiger partial charge in [-0.1, -0.05) is 0 Å². The molecule has 7 nitrogen and oxygen atoms in total. The van der Waals surface area contributed by atoms with Crippen molar-refractivity contribution >= 4 is 17.4 Å². The van der Waals surface area contributed by atoms with E-state index in [1.165, 1.54) is 6.33 Å². The van der Waals surface area contributed by atoms with Crippen molar-refractivity contribution in [2.45, 2.75) is 25.2 Å². The van der Waals surface area contributed by atoms with Crippen LogP contribution >= 0.6 is 0 Å². The second-order valence-electron chi connectivity index (χ2n) is 7.75. The fourth-order valence-corrected chi connectivity index (χ4v) is 3.69. The number of imidazole rings is 1. The van der Waals surface area contributed by atoms with Crippen molar-refractivity contribution < 1.29 is 31.1 Å². The molecule has 1 N–H and O–H groups in total. The Labute approximate surface area is 189 Å². The van der Waals surface area contributed by atoms with Gasteiger partial charge in [-0.2, -0.15) is 26.3 Å². The number of aromatic nitrogens is 4. The van der Waals surface area contributed by atoms with E-state index in [-0.39, 0.29) is 6.07 Å². The summed E-state index contributed by atoms with van der Waals surface area (Å²) < 4.78 is 80.0. The van der Waals surface area contributed by atoms with Crippen molar-refractivity contribution in [1.29, 1.82) is 0 Å². The van der Waals surface area contributed by atoms with Crippen LogP contribution in [0.2, 0.25) is 0 Å². The smallest absolute Gasteiger partial charge is 0.356 e. The first-order valence-corrected chi connectivity index (χ1v) is 10.2. The third-order valence-corrected chi connectivity index (χ3v) is 5.45. The summed E-state index contributed by atoms with van der Waals surface area (Å²) in [7, 11) is 0. The third-order valence-electron chi connectivity index (χ3n) is 5.45. The lowest BCUT2D eigenvalue weighted by atomic mass is 9.95. The number of piperidine rings is 1. The monoisotopic (exact) mass is 484 g/mol. The zero-order valence-electron chi connectivity index (χ0n) is 17.4. The van der Waals surface area contributed by atoms with Crippen molar-refractivity contribution in [2.75, 3.05) is 23.3 Å². The van der Waals surface area contributed by atoms with E-state index in [0.717, 1.165) is 0 Å². The molecule has 2 aromatic heterocycles. The first-order chi connectivity index (χ1) is 16.0. The summed E-state index contributed by atoms with van der Waals surface area (Å²) in [5.74, 6) is 0.0293. The van der Waals surface area contributed by atoms with Gasteiger partial charge in [0.05, 0.1) is 11.1 Å². The molecule has 0 unspecified atom stereocenters. The number of anilines is 2. The molecule has 0 saturated carbocycles. The topological polar surface area (TPSA) is 75.9 Å². The summed E-state index contributed by atoms with van der Waals surface area (Å²) in [5, 5.41) is 2.23. The van der Waals surface area contributed by atoms with Gasteiger partial charge in [0.1, 0.15) is 24.3 Å². The minimum atomic E-state index is -4.99. The predicted octanol–water partition coefficient (Wildman–Crippen LogP) is 4.56. The maximum Gasteiger partial charge on any atom is 0.416 e. The van der Waals surface area contributed by atoms with E-state index >= 15 is 0 Å². The van der Waals surface area contributed by atoms with Crippen LogP contribution < -0.4 is 10.2 Å². The lowest BCUT2D eigenvalue weighted by Gasteiger charge is -2.32. The molecule has 0 spiro atoms. The molecule has 3 aromatic rings. The van der Waals surface area contributed by atoms with Gasteiger partial charge in [0.2, 0.25) is 5.91 Å². The molecule has 0 atom stereocenters. The van der Waals surface area contributed by atoms with Crippen LogP contribution in [0.1, 0.15) is 24.0 Å². The highest BCUT2D eigenvalue weighted by atomic mass is 19.4. The average molecular weight is 484 g/mol. The van der Waals surface area contributed by atoms with Gasteiger partial charge in [-0.05, 0) is 31.0 Å². The molecule has 3 heterocycles. The fraction of sp³-hybridized carbons (Fsp3) is 0.333. The van der Waals surface area contributed by atoms with Crippen LogP contribution in [0.3, 0.4) is 0 Å². The zero-order valence-corrected chi connectivity index (χ0v) is 17.4. The molecule has 0 aliphatic carbocycles. The summed E-state index contributed by atoms with van der Waals surface area (Å²) in [4.78, 5) is 26.9. The van der Waals surface area contributed by atoms with E-state index in [4.69, 9.17) is 0 Å². The van der Waals surface area contributed by atoms with Crippen LogP contribution in [0.5, 0.6) is 0 Å². The van der Waals surface area contributed by atoms with E-state index in [0.29, 0.717) is 49.7 Å². The standard InChI is InChI=1S/C21H18F6N6O/c22-20(23,24)14-7-15(21(25,26)27)9-16(8-14)31-19(34)13-1-4-32(5-2-13)17-10-18(30-11-29-17)33-6-3-28-12-33/h3,6-13H,1-2,4-5H2,(H,31,34). The Bertz CT molecular complexity index is 1120. The fourth-order valence-electron chi connectivity index (χ4n) is 3.69. The number of carbonyl (C=O) groups excluding carboxylic acids is 1. The van der Waals surface area contributed by atoms with E-state index in [9.17, 15) is 31.1 Å². The number of carbonyl (C=O) groups is 1. The Morgan fingerprint density at radius 1 is 0.912 bits per heavy atom. The number of rotatable bonds is 4. The molecular weight excluding hydrogens is 466 g/mol. The van der Waals surface area contributed by atoms with Crippen LogP contribution in [0.4, 0.5) is 37.8 Å². The number of amides is 1. The first kappa shape index (κ1) is 23.5. The maximum absolute atomic E-state index is 13.0. The zero-order chi connectivity index (χ0) is 24.5. The SMILES string of the molecule is O=C(Nc1cc(C(F)(F)F)cc(C(F)(F)F)c1)C1CCN(c2cc(-n3ccnc3)ncn2)CC1. The minimum Gasteiger partial charge on any atom is -0.356 e. The van der Waals surface area contributed by atoms with E-state index < -0.39 is 41.0 Å². The number of halogens is 6. The Morgan fingerprint density at radius 2 is 1.53 bits per heavy atom. The summed E-state index contributed by atoms with van der Waals surface area (Å²) >= 11 is 0. The molecule has 4 rings (SSSR count). The highest BCUT2D eigenvalue weighted by molar-refractivity contribution is 5.93. The van der Waals surface area contributed by atoms with Crippen LogP contribution in [-0.2, 0) is 17.1 Å². The molecule has 1 amide bonds. The minimum absolute atomic E-state index is 0.0217. The molecule has 1 aliphatic heterocycles. The van der Waals surface area contributed by atoms with E-state index in [2.05, 4.69) is 20.3 Å². The number of nitrogens with zero attached hydrogens (tertiary/aromatic N) is 5. The molecule has 1 fully saturated rings. The second-order valence-corrected chi connectivity index (χ2v) is 7.75. The van der Waals surface area contributed by atoms with Gasteiger partial charge in [-0.3, -0.25) is 9.36 Å². The molecule has 34 heavy (non-hydrogen) atoms. The first-order valence-electron chi connectivity index (χ1n) is 10.2. The molecule has 1 saturated heterocycles. The van der Waals surface area contributed by atoms with E-state index in [1.807, 2.05) is 4.90 Å². The van der Waals surface area contributed by atoms with E-state index in [1.54, 1.807) is 29.4 Å². The van der Waals surface area contributed by atoms with Crippen LogP contribution in [-0.4, -0.2) is 38.5 Å². The van der Waals surface area contributed by atoms with Gasteiger partial charge < -0.3 is 10.2 Å². The Kier molecular flexibility index (Phi) is 6.19. The molecule has 1 aromatic carbocycles. The predicted molar refractivity (Wildman–Crippen MR) is 109 cm³/mol. The summed E-state index contributed by atoms with van der Waals surface area (Å²) in [6.45, 7) is 0.851. The maximum atomic E-state index is 13.0. The summed E-state index contributed by atoms with van der Waals surface area (Å²) in [6.07, 6.45) is -2.97. The van der Waals surface area contributed by atoms with Crippen LogP contribution in [0.15, 0.2) is 49.3 Å². The second kappa shape index (κ2) is 8.95. The third kappa shape index (κ3) is 5.29. The number of nitrogens with one attached hydrogen (secondary N) is 1. The number of hydrogen-bond acceptors (Lipinski definition) is 5. The number of benzene rings is 1. The van der Waals surface area contributed by atoms with Gasteiger partial charge >= 0.3 is 12.4 Å². The molecule has 0 bridgehead atoms. The van der Waals surface area contributed by atoms with Crippen molar-refractivity contribution in [3.63, 3.8) is 0 Å². The lowest BCUT2D eigenvalue weighted by molar-refractivity contribution is -0.143. The van der Waals surface area contributed by atoms with Crippen molar-refractivity contribution in [1.82, 2.24) is 19.5 Å².